The van der Waals surface area contributed by atoms with E-state index in [4.69, 9.17) is 18.5 Å². The molecule has 1 saturated carbocycles. The van der Waals surface area contributed by atoms with Gasteiger partial charge >= 0.3 is 35.4 Å². The Morgan fingerprint density at radius 1 is 0.478 bits per heavy atom. The Hall–Kier alpha value is -1.63. The summed E-state index contributed by atoms with van der Waals surface area (Å²) in [7, 11) is -16.6. The molecular weight excluding hydrogens is 937 g/mol. The molecule has 0 bridgehead atoms. The summed E-state index contributed by atoms with van der Waals surface area (Å²) in [6.07, 6.45) is 21.6. The van der Waals surface area contributed by atoms with Gasteiger partial charge in [0.05, 0.1) is 6.61 Å². The number of rotatable bonds is 41. The molecule has 0 amide bonds. The summed E-state index contributed by atoms with van der Waals surface area (Å²) in [6, 6.07) is 0. The van der Waals surface area contributed by atoms with Crippen LogP contribution in [-0.4, -0.2) is 108 Å². The number of ether oxygens (including phenoxy) is 2. The minimum Gasteiger partial charge on any atom is -0.462 e. The fraction of sp³-hybridized carbons (Fsp3) is 0.822. The van der Waals surface area contributed by atoms with Crippen LogP contribution in [0.15, 0.2) is 36.5 Å². The van der Waals surface area contributed by atoms with Crippen molar-refractivity contribution in [1.82, 2.24) is 0 Å². The number of aliphatic hydroxyl groups is 3. The highest BCUT2D eigenvalue weighted by Gasteiger charge is 2.56. The fourth-order valence-corrected chi connectivity index (χ4v) is 9.35. The van der Waals surface area contributed by atoms with Crippen molar-refractivity contribution in [3.8, 4) is 0 Å². The van der Waals surface area contributed by atoms with Crippen LogP contribution in [-0.2, 0) is 50.9 Å². The van der Waals surface area contributed by atoms with Crippen LogP contribution in [0.2, 0.25) is 0 Å². The number of allylic oxidation sites excluding steroid dienone is 6. The quantitative estimate of drug-likeness (QED) is 0.0123. The van der Waals surface area contributed by atoms with E-state index in [0.29, 0.717) is 12.8 Å². The molecule has 0 radical (unpaired) electrons. The van der Waals surface area contributed by atoms with Gasteiger partial charge < -0.3 is 49.3 Å². The van der Waals surface area contributed by atoms with Crippen molar-refractivity contribution in [2.75, 3.05) is 13.2 Å². The van der Waals surface area contributed by atoms with Gasteiger partial charge in [-0.25, -0.2) is 13.7 Å². The van der Waals surface area contributed by atoms with Crippen LogP contribution in [0.1, 0.15) is 181 Å². The minimum absolute atomic E-state index is 0.0149. The summed E-state index contributed by atoms with van der Waals surface area (Å²) in [6.45, 7) is 2.90. The smallest absolute Gasteiger partial charge is 0.462 e. The maximum absolute atomic E-state index is 13.1. The van der Waals surface area contributed by atoms with Gasteiger partial charge in [0.25, 0.3) is 0 Å². The monoisotopic (exact) mass is 1020 g/mol. The molecule has 19 nitrogen and oxygen atoms in total. The molecule has 0 aromatic rings. The molecule has 0 spiro atoms. The van der Waals surface area contributed by atoms with Crippen LogP contribution in [0.3, 0.4) is 0 Å². The van der Waals surface area contributed by atoms with E-state index >= 15 is 0 Å². The van der Waals surface area contributed by atoms with Gasteiger partial charge in [0.15, 0.2) is 6.10 Å². The van der Waals surface area contributed by atoms with Crippen LogP contribution in [0, 0.1) is 0 Å². The van der Waals surface area contributed by atoms with E-state index in [-0.39, 0.29) is 12.8 Å². The van der Waals surface area contributed by atoms with Crippen molar-refractivity contribution in [2.45, 2.75) is 224 Å². The highest BCUT2D eigenvalue weighted by Crippen LogP contribution is 2.51. The first kappa shape index (κ1) is 63.4. The van der Waals surface area contributed by atoms with Gasteiger partial charge in [-0.05, 0) is 70.6 Å². The SMILES string of the molecule is CCCCC/C=C\C/C=C\CCCCCCCC(=O)OC[C@H](COP(=O)(O)O[C@H]1C(O)C(O)C(OP(=O)(O)O)[C@@H](OP(=O)(O)O)C1O)OC(=O)CCCCCCC/C=C\CCCCCCCC. The average Bonchev–Trinajstić information content (AvgIpc) is 3.25. The third-order valence-corrected chi connectivity index (χ3v) is 12.9. The summed E-state index contributed by atoms with van der Waals surface area (Å²) in [5.41, 5.74) is 0. The first-order valence-corrected chi connectivity index (χ1v) is 28.8. The van der Waals surface area contributed by atoms with Crippen LogP contribution in [0.25, 0.3) is 0 Å². The molecule has 5 unspecified atom stereocenters. The van der Waals surface area contributed by atoms with Crippen LogP contribution >= 0.6 is 23.5 Å². The van der Waals surface area contributed by atoms with Gasteiger partial charge in [-0.3, -0.25) is 27.7 Å². The maximum atomic E-state index is 13.1. The molecule has 8 N–H and O–H groups in total. The molecule has 1 aliphatic rings. The predicted octanol–water partition coefficient (Wildman–Crippen LogP) is 8.85. The van der Waals surface area contributed by atoms with Crippen LogP contribution in [0.5, 0.6) is 0 Å². The summed E-state index contributed by atoms with van der Waals surface area (Å²) in [5.74, 6) is -1.32. The Bertz CT molecular complexity index is 1550. The van der Waals surface area contributed by atoms with E-state index in [1.54, 1.807) is 0 Å². The van der Waals surface area contributed by atoms with Crippen molar-refractivity contribution in [3.63, 3.8) is 0 Å². The normalized spacial score (nSPS) is 21.9. The van der Waals surface area contributed by atoms with E-state index in [1.165, 1.54) is 57.8 Å². The zero-order chi connectivity index (χ0) is 50.0. The van der Waals surface area contributed by atoms with Gasteiger partial charge in [0.1, 0.15) is 43.2 Å². The zero-order valence-corrected chi connectivity index (χ0v) is 42.4. The minimum atomic E-state index is -5.60. The van der Waals surface area contributed by atoms with Gasteiger partial charge in [0.2, 0.25) is 0 Å². The molecule has 8 atom stereocenters. The number of carbonyl (C=O) groups is 2. The number of unbranched alkanes of at least 4 members (excludes halogenated alkanes) is 19. The number of hydrogen-bond acceptors (Lipinski definition) is 14. The van der Waals surface area contributed by atoms with E-state index in [9.17, 15) is 63.1 Å². The lowest BCUT2D eigenvalue weighted by molar-refractivity contribution is -0.213. The van der Waals surface area contributed by atoms with Crippen molar-refractivity contribution in [2.24, 2.45) is 0 Å². The molecule has 22 heteroatoms. The third-order valence-electron chi connectivity index (χ3n) is 10.9. The molecule has 392 valence electrons. The second-order valence-electron chi connectivity index (χ2n) is 17.0. The number of phosphoric acid groups is 3. The van der Waals surface area contributed by atoms with E-state index in [2.05, 4.69) is 59.4 Å². The summed E-state index contributed by atoms with van der Waals surface area (Å²) < 4.78 is 65.5. The topological polar surface area (TPSA) is 303 Å². The van der Waals surface area contributed by atoms with Gasteiger partial charge in [0, 0.05) is 12.8 Å². The zero-order valence-electron chi connectivity index (χ0n) is 39.7. The number of esters is 2. The molecule has 1 fully saturated rings. The standard InChI is InChI=1S/C45H83O19P3/c1-3-5-7-9-11-13-15-17-19-21-23-25-27-29-31-33-38(46)59-35-37(61-39(47)34-32-30-28-26-24-22-20-18-16-14-12-10-8-6-4-2)36-60-67(57,58)64-43-40(48)41(49)44(62-65(51,52)53)45(42(43)50)63-66(54,55)56/h11,13,17-20,37,40-45,48-50H,3-10,12,14-16,21-36H2,1-2H3,(H,57,58)(H2,51,52,53)(H2,54,55,56)/b13-11-,19-17-,20-18-/t37-,40?,41?,42?,43+,44?,45+/m1/s1. The van der Waals surface area contributed by atoms with E-state index in [1.807, 2.05) is 0 Å². The Labute approximate surface area is 398 Å². The van der Waals surface area contributed by atoms with E-state index < -0.39 is 91.3 Å². The molecule has 1 aliphatic carbocycles. The lowest BCUT2D eigenvalue weighted by Gasteiger charge is -2.44. The Balaban J connectivity index is 2.74. The number of carbonyl (C=O) groups excluding carboxylic acids is 2. The first-order chi connectivity index (χ1) is 31.8. The van der Waals surface area contributed by atoms with Gasteiger partial charge in [-0.1, -0.05) is 134 Å². The Morgan fingerprint density at radius 2 is 0.866 bits per heavy atom. The first-order valence-electron chi connectivity index (χ1n) is 24.3. The van der Waals surface area contributed by atoms with Crippen molar-refractivity contribution < 1.29 is 90.6 Å². The number of phosphoric ester groups is 3. The molecule has 0 aromatic heterocycles. The van der Waals surface area contributed by atoms with Gasteiger partial charge in [-0.2, -0.15) is 0 Å². The molecule has 0 saturated heterocycles. The van der Waals surface area contributed by atoms with Crippen LogP contribution < -0.4 is 0 Å². The molecule has 0 heterocycles. The summed E-state index contributed by atoms with van der Waals surface area (Å²) in [4.78, 5) is 73.2. The second-order valence-corrected chi connectivity index (χ2v) is 20.8. The van der Waals surface area contributed by atoms with Gasteiger partial charge in [-0.15, -0.1) is 0 Å². The van der Waals surface area contributed by atoms with Crippen molar-refractivity contribution >= 4 is 35.4 Å². The van der Waals surface area contributed by atoms with Crippen LogP contribution in [0.4, 0.5) is 0 Å². The summed E-state index contributed by atoms with van der Waals surface area (Å²) >= 11 is 0. The Kier molecular flexibility index (Phi) is 35.2. The molecule has 67 heavy (non-hydrogen) atoms. The molecular formula is C45H83O19P3. The highest BCUT2D eigenvalue weighted by molar-refractivity contribution is 7.47. The third kappa shape index (κ3) is 33.6. The number of hydrogen-bond donors (Lipinski definition) is 8. The lowest BCUT2D eigenvalue weighted by atomic mass is 9.85. The van der Waals surface area contributed by atoms with E-state index in [0.717, 1.165) is 83.5 Å². The highest BCUT2D eigenvalue weighted by atomic mass is 31.2. The predicted molar refractivity (Wildman–Crippen MR) is 252 cm³/mol. The Morgan fingerprint density at radius 3 is 1.36 bits per heavy atom. The molecule has 0 aliphatic heterocycles. The van der Waals surface area contributed by atoms with Crippen molar-refractivity contribution in [3.05, 3.63) is 36.5 Å². The second kappa shape index (κ2) is 37.2. The summed E-state index contributed by atoms with van der Waals surface area (Å²) in [5, 5.41) is 31.9. The lowest BCUT2D eigenvalue weighted by Crippen LogP contribution is -2.65. The fourth-order valence-electron chi connectivity index (χ4n) is 7.25. The van der Waals surface area contributed by atoms with Crippen molar-refractivity contribution in [1.29, 1.82) is 0 Å². The number of aliphatic hydroxyl groups excluding tert-OH is 3. The maximum Gasteiger partial charge on any atom is 0.472 e. The largest absolute Gasteiger partial charge is 0.472 e. The average molecular weight is 1020 g/mol. The molecule has 1 rings (SSSR count). The molecule has 0 aromatic carbocycles.